The van der Waals surface area contributed by atoms with Gasteiger partial charge in [-0.3, -0.25) is 4.79 Å². The fourth-order valence-corrected chi connectivity index (χ4v) is 3.54. The molecule has 0 fully saturated rings. The molecule has 0 aliphatic rings. The van der Waals surface area contributed by atoms with E-state index >= 15 is 0 Å². The third-order valence-corrected chi connectivity index (χ3v) is 5.04. The lowest BCUT2D eigenvalue weighted by Gasteiger charge is -2.14. The second kappa shape index (κ2) is 7.31. The first kappa shape index (κ1) is 18.0. The molecule has 0 saturated carbocycles. The number of nitrogens with zero attached hydrogens (tertiary/aromatic N) is 4. The van der Waals surface area contributed by atoms with Crippen LogP contribution in [0.4, 0.5) is 0 Å². The third-order valence-electron chi connectivity index (χ3n) is 5.04. The Hall–Kier alpha value is -3.41. The summed E-state index contributed by atoms with van der Waals surface area (Å²) in [5.41, 5.74) is 5.88. The molecule has 4 rings (SSSR count). The van der Waals surface area contributed by atoms with E-state index in [0.29, 0.717) is 0 Å². The molecule has 0 radical (unpaired) electrons. The maximum absolute atomic E-state index is 12.6. The van der Waals surface area contributed by atoms with Crippen molar-refractivity contribution >= 4 is 11.6 Å². The van der Waals surface area contributed by atoms with Gasteiger partial charge in [0.1, 0.15) is 5.65 Å². The molecule has 3 aromatic heterocycles. The van der Waals surface area contributed by atoms with Gasteiger partial charge in [0.15, 0.2) is 0 Å². The molecule has 6 heteroatoms. The van der Waals surface area contributed by atoms with E-state index in [1.165, 1.54) is 0 Å². The Bertz CT molecular complexity index is 1130. The van der Waals surface area contributed by atoms with Crippen LogP contribution < -0.4 is 5.32 Å². The van der Waals surface area contributed by atoms with Crippen LogP contribution >= 0.6 is 0 Å². The Morgan fingerprint density at radius 1 is 1.11 bits per heavy atom. The first-order valence-electron chi connectivity index (χ1n) is 9.35. The highest BCUT2D eigenvalue weighted by Crippen LogP contribution is 2.20. The Morgan fingerprint density at radius 2 is 1.89 bits per heavy atom. The van der Waals surface area contributed by atoms with Gasteiger partial charge in [-0.25, -0.2) is 9.67 Å². The molecule has 142 valence electrons. The van der Waals surface area contributed by atoms with Crippen LogP contribution in [0, 0.1) is 13.8 Å². The number of para-hydroxylation sites is 1. The second-order valence-electron chi connectivity index (χ2n) is 7.03. The summed E-state index contributed by atoms with van der Waals surface area (Å²) in [4.78, 5) is 17.1. The fourth-order valence-electron chi connectivity index (χ4n) is 3.54. The minimum atomic E-state index is -0.133. The third kappa shape index (κ3) is 3.29. The molecule has 1 amide bonds. The molecule has 1 N–H and O–H groups in total. The number of hydrogen-bond donors (Lipinski definition) is 1. The van der Waals surface area contributed by atoms with Gasteiger partial charge in [-0.1, -0.05) is 24.3 Å². The lowest BCUT2D eigenvalue weighted by Crippen LogP contribution is -2.28. The zero-order valence-electron chi connectivity index (χ0n) is 16.3. The number of imidazole rings is 1. The maximum Gasteiger partial charge on any atom is 0.226 e. The van der Waals surface area contributed by atoms with Crippen LogP contribution in [0.2, 0.25) is 0 Å². The molecule has 0 aliphatic heterocycles. The summed E-state index contributed by atoms with van der Waals surface area (Å²) >= 11 is 0. The summed E-state index contributed by atoms with van der Waals surface area (Å²) in [6.45, 7) is 6.02. The van der Waals surface area contributed by atoms with E-state index in [1.807, 2.05) is 84.7 Å². The fraction of sp³-hybridized carbons (Fsp3) is 0.227. The molecule has 4 aromatic rings. The number of amides is 1. The molecule has 0 bridgehead atoms. The van der Waals surface area contributed by atoms with Gasteiger partial charge in [0.25, 0.3) is 0 Å². The lowest BCUT2D eigenvalue weighted by atomic mass is 10.1. The number of fused-ring (bicyclic) bond motifs is 1. The average Bonchev–Trinajstić information content (AvgIpc) is 3.27. The summed E-state index contributed by atoms with van der Waals surface area (Å²) < 4.78 is 3.86. The number of rotatable bonds is 5. The van der Waals surface area contributed by atoms with Crippen LogP contribution in [0.5, 0.6) is 0 Å². The number of nitrogens with one attached hydrogen (secondary N) is 1. The zero-order valence-corrected chi connectivity index (χ0v) is 16.3. The lowest BCUT2D eigenvalue weighted by molar-refractivity contribution is -0.121. The second-order valence-corrected chi connectivity index (χ2v) is 7.03. The van der Waals surface area contributed by atoms with Crippen LogP contribution in [0.15, 0.2) is 61.1 Å². The molecule has 28 heavy (non-hydrogen) atoms. The van der Waals surface area contributed by atoms with Crippen molar-refractivity contribution in [3.8, 4) is 5.69 Å². The largest absolute Gasteiger partial charge is 0.349 e. The molecular formula is C22H23N5O. The monoisotopic (exact) mass is 373 g/mol. The van der Waals surface area contributed by atoms with E-state index in [-0.39, 0.29) is 18.4 Å². The minimum Gasteiger partial charge on any atom is -0.349 e. The highest BCUT2D eigenvalue weighted by Gasteiger charge is 2.17. The van der Waals surface area contributed by atoms with Crippen molar-refractivity contribution < 1.29 is 4.79 Å². The van der Waals surface area contributed by atoms with Crippen LogP contribution in [-0.2, 0) is 11.2 Å². The minimum absolute atomic E-state index is 0.0392. The van der Waals surface area contributed by atoms with E-state index in [2.05, 4.69) is 15.4 Å². The summed E-state index contributed by atoms with van der Waals surface area (Å²) in [7, 11) is 0. The standard InChI is InChI=1S/C22H23N5O/c1-15-8-7-11-26-19(13-23-22(15)26)12-21(28)25-16(2)20-14-24-27(17(20)3)18-9-5-4-6-10-18/h4-11,13-14,16H,12H2,1-3H3,(H,25,28). The molecule has 1 unspecified atom stereocenters. The molecule has 6 nitrogen and oxygen atoms in total. The molecule has 1 atom stereocenters. The summed E-state index contributed by atoms with van der Waals surface area (Å²) in [6, 6.07) is 13.8. The number of benzene rings is 1. The van der Waals surface area contributed by atoms with Crippen molar-refractivity contribution in [1.82, 2.24) is 24.5 Å². The van der Waals surface area contributed by atoms with Crippen LogP contribution in [0.3, 0.4) is 0 Å². The van der Waals surface area contributed by atoms with Crippen molar-refractivity contribution in [2.45, 2.75) is 33.2 Å². The van der Waals surface area contributed by atoms with E-state index in [1.54, 1.807) is 6.20 Å². The highest BCUT2D eigenvalue weighted by molar-refractivity contribution is 5.79. The van der Waals surface area contributed by atoms with Gasteiger partial charge in [0.2, 0.25) is 5.91 Å². The molecule has 1 aromatic carbocycles. The number of aromatic nitrogens is 4. The van der Waals surface area contributed by atoms with E-state index in [9.17, 15) is 4.79 Å². The van der Waals surface area contributed by atoms with Gasteiger partial charge in [-0.2, -0.15) is 5.10 Å². The van der Waals surface area contributed by atoms with Gasteiger partial charge in [0.05, 0.1) is 30.0 Å². The zero-order chi connectivity index (χ0) is 19.7. The number of carbonyl (C=O) groups excluding carboxylic acids is 1. The molecule has 0 spiro atoms. The van der Waals surface area contributed by atoms with Gasteiger partial charge in [-0.05, 0) is 44.5 Å². The number of carbonyl (C=O) groups is 1. The van der Waals surface area contributed by atoms with Crippen molar-refractivity contribution in [1.29, 1.82) is 0 Å². The normalized spacial score (nSPS) is 12.2. The van der Waals surface area contributed by atoms with Gasteiger partial charge in [-0.15, -0.1) is 0 Å². The van der Waals surface area contributed by atoms with Gasteiger partial charge >= 0.3 is 0 Å². The average molecular weight is 373 g/mol. The first-order valence-corrected chi connectivity index (χ1v) is 9.35. The Kier molecular flexibility index (Phi) is 4.69. The number of aryl methyl sites for hydroxylation is 1. The Balaban J connectivity index is 1.49. The van der Waals surface area contributed by atoms with Crippen LogP contribution in [0.25, 0.3) is 11.3 Å². The molecule has 0 aliphatic carbocycles. The first-order chi connectivity index (χ1) is 13.5. The van der Waals surface area contributed by atoms with Crippen molar-refractivity contribution in [2.24, 2.45) is 0 Å². The van der Waals surface area contributed by atoms with E-state index in [4.69, 9.17) is 0 Å². The maximum atomic E-state index is 12.6. The number of pyridine rings is 1. The van der Waals surface area contributed by atoms with E-state index in [0.717, 1.165) is 33.8 Å². The van der Waals surface area contributed by atoms with Gasteiger partial charge < -0.3 is 9.72 Å². The predicted octanol–water partition coefficient (Wildman–Crippen LogP) is 3.56. The molecular weight excluding hydrogens is 350 g/mol. The highest BCUT2D eigenvalue weighted by atomic mass is 16.1. The smallest absolute Gasteiger partial charge is 0.226 e. The number of hydrogen-bond acceptors (Lipinski definition) is 3. The summed E-state index contributed by atoms with van der Waals surface area (Å²) in [6.07, 6.45) is 5.81. The van der Waals surface area contributed by atoms with Crippen LogP contribution in [0.1, 0.15) is 35.5 Å². The Morgan fingerprint density at radius 3 is 2.68 bits per heavy atom. The van der Waals surface area contributed by atoms with Crippen molar-refractivity contribution in [2.75, 3.05) is 0 Å². The topological polar surface area (TPSA) is 64.2 Å². The Labute approximate surface area is 163 Å². The van der Waals surface area contributed by atoms with Gasteiger partial charge in [0, 0.05) is 23.7 Å². The summed E-state index contributed by atoms with van der Waals surface area (Å²) in [5.74, 6) is -0.0392. The molecule has 0 saturated heterocycles. The van der Waals surface area contributed by atoms with Crippen molar-refractivity contribution in [3.63, 3.8) is 0 Å². The molecule has 3 heterocycles. The predicted molar refractivity (Wildman–Crippen MR) is 108 cm³/mol. The summed E-state index contributed by atoms with van der Waals surface area (Å²) in [5, 5.41) is 7.58. The van der Waals surface area contributed by atoms with Crippen LogP contribution in [-0.4, -0.2) is 25.1 Å². The van der Waals surface area contributed by atoms with E-state index < -0.39 is 0 Å². The SMILES string of the molecule is Cc1cccn2c(CC(=O)NC(C)c3cnn(-c4ccccc4)c3C)cnc12. The van der Waals surface area contributed by atoms with Crippen molar-refractivity contribution in [3.05, 3.63) is 83.6 Å². The quantitative estimate of drug-likeness (QED) is 0.582.